The van der Waals surface area contributed by atoms with Crippen LogP contribution in [-0.2, 0) is 0 Å². The molecule has 0 spiro atoms. The van der Waals surface area contributed by atoms with Crippen molar-refractivity contribution in [2.75, 3.05) is 27.3 Å². The normalized spacial score (nSPS) is 19.7. The summed E-state index contributed by atoms with van der Waals surface area (Å²) in [6.45, 7) is 4.16. The van der Waals surface area contributed by atoms with Crippen LogP contribution in [0.2, 0.25) is 0 Å². The fourth-order valence-electron chi connectivity index (χ4n) is 2.56. The molecule has 0 aromatic heterocycles. The monoisotopic (exact) mass is 313 g/mol. The van der Waals surface area contributed by atoms with Gasteiger partial charge in [-0.05, 0) is 48.3 Å². The van der Waals surface area contributed by atoms with Crippen molar-refractivity contribution in [3.8, 4) is 11.5 Å². The van der Waals surface area contributed by atoms with Gasteiger partial charge in [0.05, 0.1) is 18.7 Å². The Balaban J connectivity index is 2.46. The van der Waals surface area contributed by atoms with E-state index in [9.17, 15) is 0 Å². The number of piperidine rings is 1. The number of rotatable bonds is 3. The minimum Gasteiger partial charge on any atom is -0.496 e. The van der Waals surface area contributed by atoms with Gasteiger partial charge in [0.25, 0.3) is 0 Å². The van der Waals surface area contributed by atoms with Gasteiger partial charge in [0, 0.05) is 23.6 Å². The van der Waals surface area contributed by atoms with Crippen molar-refractivity contribution in [2.24, 2.45) is 0 Å². The van der Waals surface area contributed by atoms with Gasteiger partial charge in [0.1, 0.15) is 11.5 Å². The summed E-state index contributed by atoms with van der Waals surface area (Å²) in [5.74, 6) is 2.37. The highest BCUT2D eigenvalue weighted by molar-refractivity contribution is 9.10. The lowest BCUT2D eigenvalue weighted by atomic mass is 9.90. The molecular weight excluding hydrogens is 294 g/mol. The molecule has 100 valence electrons. The van der Waals surface area contributed by atoms with Gasteiger partial charge in [0.2, 0.25) is 0 Å². The largest absolute Gasteiger partial charge is 0.496 e. The Hall–Kier alpha value is -0.740. The van der Waals surface area contributed by atoms with E-state index in [1.807, 2.05) is 6.92 Å². The van der Waals surface area contributed by atoms with Crippen LogP contribution in [0.5, 0.6) is 11.5 Å². The predicted octanol–water partition coefficient (Wildman–Crippen LogP) is 3.24. The van der Waals surface area contributed by atoms with E-state index in [2.05, 4.69) is 27.3 Å². The number of ether oxygens (including phenoxy) is 2. The molecule has 1 aliphatic heterocycles. The molecule has 1 aliphatic rings. The molecule has 0 radical (unpaired) electrons. The quantitative estimate of drug-likeness (QED) is 0.929. The zero-order valence-corrected chi connectivity index (χ0v) is 12.8. The maximum atomic E-state index is 5.58. The molecule has 1 aromatic rings. The van der Waals surface area contributed by atoms with Crippen molar-refractivity contribution in [2.45, 2.75) is 25.7 Å². The van der Waals surface area contributed by atoms with Gasteiger partial charge in [-0.15, -0.1) is 0 Å². The summed E-state index contributed by atoms with van der Waals surface area (Å²) in [5.41, 5.74) is 2.32. The van der Waals surface area contributed by atoms with E-state index in [0.29, 0.717) is 5.92 Å². The summed E-state index contributed by atoms with van der Waals surface area (Å²) in [5, 5.41) is 3.44. The average molecular weight is 314 g/mol. The highest BCUT2D eigenvalue weighted by Gasteiger charge is 2.23. The molecule has 1 atom stereocenters. The molecule has 4 heteroatoms. The summed E-state index contributed by atoms with van der Waals surface area (Å²) in [4.78, 5) is 0. The van der Waals surface area contributed by atoms with E-state index in [1.54, 1.807) is 14.2 Å². The van der Waals surface area contributed by atoms with Crippen LogP contribution in [0.1, 0.15) is 29.9 Å². The molecule has 18 heavy (non-hydrogen) atoms. The van der Waals surface area contributed by atoms with Crippen LogP contribution >= 0.6 is 15.9 Å². The van der Waals surface area contributed by atoms with Crippen molar-refractivity contribution in [3.63, 3.8) is 0 Å². The number of hydrogen-bond acceptors (Lipinski definition) is 3. The van der Waals surface area contributed by atoms with Crippen LogP contribution in [-0.4, -0.2) is 27.3 Å². The summed E-state index contributed by atoms with van der Waals surface area (Å²) >= 11 is 3.62. The second-order valence-corrected chi connectivity index (χ2v) is 5.48. The lowest BCUT2D eigenvalue weighted by Gasteiger charge is -2.26. The second kappa shape index (κ2) is 5.93. The lowest BCUT2D eigenvalue weighted by molar-refractivity contribution is 0.380. The molecule has 0 bridgehead atoms. The third-order valence-electron chi connectivity index (χ3n) is 3.61. The van der Waals surface area contributed by atoms with Gasteiger partial charge in [-0.2, -0.15) is 0 Å². The first-order valence-corrected chi connectivity index (χ1v) is 7.10. The third kappa shape index (κ3) is 2.50. The summed E-state index contributed by atoms with van der Waals surface area (Å²) in [7, 11) is 3.44. The molecule has 0 aliphatic carbocycles. The van der Waals surface area contributed by atoms with Crippen LogP contribution in [0, 0.1) is 6.92 Å². The number of benzene rings is 1. The first-order valence-electron chi connectivity index (χ1n) is 6.30. The van der Waals surface area contributed by atoms with Gasteiger partial charge >= 0.3 is 0 Å². The van der Waals surface area contributed by atoms with E-state index < -0.39 is 0 Å². The van der Waals surface area contributed by atoms with Gasteiger partial charge in [-0.25, -0.2) is 0 Å². The molecular formula is C14H20BrNO2. The molecule has 0 saturated carbocycles. The molecule has 2 rings (SSSR count). The molecule has 1 unspecified atom stereocenters. The summed E-state index contributed by atoms with van der Waals surface area (Å²) < 4.78 is 12.0. The Morgan fingerprint density at radius 3 is 2.67 bits per heavy atom. The maximum Gasteiger partial charge on any atom is 0.137 e. The van der Waals surface area contributed by atoms with Crippen LogP contribution in [0.4, 0.5) is 0 Å². The van der Waals surface area contributed by atoms with Gasteiger partial charge in [-0.1, -0.05) is 0 Å². The first kappa shape index (κ1) is 13.7. The molecule has 1 heterocycles. The van der Waals surface area contributed by atoms with Crippen molar-refractivity contribution in [1.82, 2.24) is 5.32 Å². The molecule has 0 amide bonds. The molecule has 1 saturated heterocycles. The summed E-state index contributed by atoms with van der Waals surface area (Å²) in [6, 6.07) is 2.12. The van der Waals surface area contributed by atoms with E-state index in [0.717, 1.165) is 34.6 Å². The molecule has 1 N–H and O–H groups in total. The lowest BCUT2D eigenvalue weighted by Crippen LogP contribution is -2.28. The minimum atomic E-state index is 0.500. The Bertz CT molecular complexity index is 428. The van der Waals surface area contributed by atoms with Gasteiger partial charge in [-0.3, -0.25) is 0 Å². The topological polar surface area (TPSA) is 30.5 Å². The Morgan fingerprint density at radius 2 is 2.11 bits per heavy atom. The first-order chi connectivity index (χ1) is 8.69. The van der Waals surface area contributed by atoms with E-state index in [-0.39, 0.29) is 0 Å². The van der Waals surface area contributed by atoms with Crippen LogP contribution in [0.15, 0.2) is 10.5 Å². The molecule has 1 fully saturated rings. The van der Waals surface area contributed by atoms with Gasteiger partial charge < -0.3 is 14.8 Å². The third-order valence-corrected chi connectivity index (χ3v) is 4.56. The van der Waals surface area contributed by atoms with Crippen molar-refractivity contribution in [3.05, 3.63) is 21.7 Å². The number of methoxy groups -OCH3 is 2. The zero-order valence-electron chi connectivity index (χ0n) is 11.2. The van der Waals surface area contributed by atoms with Crippen LogP contribution in [0.3, 0.4) is 0 Å². The number of nitrogens with one attached hydrogen (secondary N) is 1. The second-order valence-electron chi connectivity index (χ2n) is 4.68. The Kier molecular flexibility index (Phi) is 4.51. The Labute approximate surface area is 117 Å². The SMILES string of the molecule is COc1cc(C2CCCNC2)c(OC)c(Br)c1C. The predicted molar refractivity (Wildman–Crippen MR) is 76.8 cm³/mol. The van der Waals surface area contributed by atoms with E-state index in [1.165, 1.54) is 18.4 Å². The van der Waals surface area contributed by atoms with E-state index >= 15 is 0 Å². The highest BCUT2D eigenvalue weighted by atomic mass is 79.9. The Morgan fingerprint density at radius 1 is 1.33 bits per heavy atom. The van der Waals surface area contributed by atoms with Crippen LogP contribution in [0.25, 0.3) is 0 Å². The van der Waals surface area contributed by atoms with Crippen molar-refractivity contribution in [1.29, 1.82) is 0 Å². The van der Waals surface area contributed by atoms with Gasteiger partial charge in [0.15, 0.2) is 0 Å². The maximum absolute atomic E-state index is 5.58. The highest BCUT2D eigenvalue weighted by Crippen LogP contribution is 2.42. The fraction of sp³-hybridized carbons (Fsp3) is 0.571. The smallest absolute Gasteiger partial charge is 0.137 e. The fourth-order valence-corrected chi connectivity index (χ4v) is 3.15. The number of hydrogen-bond donors (Lipinski definition) is 1. The molecule has 1 aromatic carbocycles. The molecule has 3 nitrogen and oxygen atoms in total. The number of halogens is 1. The summed E-state index contributed by atoms with van der Waals surface area (Å²) in [6.07, 6.45) is 2.41. The van der Waals surface area contributed by atoms with Crippen molar-refractivity contribution >= 4 is 15.9 Å². The standard InChI is InChI=1S/C14H20BrNO2/c1-9-12(17-2)7-11(14(18-3)13(9)15)10-5-4-6-16-8-10/h7,10,16H,4-6,8H2,1-3H3. The average Bonchev–Trinajstić information content (AvgIpc) is 2.42. The van der Waals surface area contributed by atoms with Crippen LogP contribution < -0.4 is 14.8 Å². The minimum absolute atomic E-state index is 0.500. The van der Waals surface area contributed by atoms with Crippen molar-refractivity contribution < 1.29 is 9.47 Å². The van der Waals surface area contributed by atoms with E-state index in [4.69, 9.17) is 9.47 Å². The zero-order chi connectivity index (χ0) is 13.1.